The van der Waals surface area contributed by atoms with Gasteiger partial charge in [0.25, 0.3) is 5.91 Å². The lowest BCUT2D eigenvalue weighted by Crippen LogP contribution is -2.38. The van der Waals surface area contributed by atoms with Crippen LogP contribution in [0.25, 0.3) is 0 Å². The number of rotatable bonds is 3. The molecule has 2 aromatic carbocycles. The SMILES string of the molecule is Cc1ccc(C)c(N(C(=O)c2cccc3c2OCCO3)C(C)C)c1. The molecule has 0 aromatic heterocycles. The largest absolute Gasteiger partial charge is 0.486 e. The first kappa shape index (κ1) is 16.4. The minimum Gasteiger partial charge on any atom is -0.486 e. The minimum atomic E-state index is -0.0685. The normalized spacial score (nSPS) is 13.0. The van der Waals surface area contributed by atoms with Crippen LogP contribution in [0.5, 0.6) is 11.5 Å². The van der Waals surface area contributed by atoms with Gasteiger partial charge < -0.3 is 14.4 Å². The van der Waals surface area contributed by atoms with E-state index in [1.807, 2.05) is 50.8 Å². The lowest BCUT2D eigenvalue weighted by atomic mass is 10.1. The van der Waals surface area contributed by atoms with E-state index in [-0.39, 0.29) is 11.9 Å². The Labute approximate surface area is 143 Å². The standard InChI is InChI=1S/C20H23NO3/c1-13(2)21(17-12-14(3)8-9-15(17)4)20(22)16-6-5-7-18-19(16)24-11-10-23-18/h5-9,12-13H,10-11H2,1-4H3. The molecule has 0 N–H and O–H groups in total. The van der Waals surface area contributed by atoms with Crippen molar-refractivity contribution in [2.45, 2.75) is 33.7 Å². The summed E-state index contributed by atoms with van der Waals surface area (Å²) in [6.07, 6.45) is 0. The first-order chi connectivity index (χ1) is 11.5. The molecule has 1 aliphatic heterocycles. The van der Waals surface area contributed by atoms with E-state index in [2.05, 4.69) is 12.1 Å². The van der Waals surface area contributed by atoms with Gasteiger partial charge in [0.15, 0.2) is 11.5 Å². The summed E-state index contributed by atoms with van der Waals surface area (Å²) in [6.45, 7) is 9.07. The topological polar surface area (TPSA) is 38.8 Å². The Morgan fingerprint density at radius 3 is 2.58 bits per heavy atom. The number of carbonyl (C=O) groups excluding carboxylic acids is 1. The van der Waals surface area contributed by atoms with E-state index in [0.29, 0.717) is 30.3 Å². The van der Waals surface area contributed by atoms with Gasteiger partial charge in [-0.2, -0.15) is 0 Å². The maximum Gasteiger partial charge on any atom is 0.262 e. The molecule has 4 nitrogen and oxygen atoms in total. The lowest BCUT2D eigenvalue weighted by Gasteiger charge is -2.30. The van der Waals surface area contributed by atoms with Crippen LogP contribution in [0.2, 0.25) is 0 Å². The summed E-state index contributed by atoms with van der Waals surface area (Å²) in [7, 11) is 0. The van der Waals surface area contributed by atoms with Crippen LogP contribution in [0, 0.1) is 13.8 Å². The lowest BCUT2D eigenvalue weighted by molar-refractivity contribution is 0.0969. The monoisotopic (exact) mass is 325 g/mol. The molecule has 24 heavy (non-hydrogen) atoms. The average Bonchev–Trinajstić information content (AvgIpc) is 2.57. The smallest absolute Gasteiger partial charge is 0.262 e. The van der Waals surface area contributed by atoms with Crippen molar-refractivity contribution in [3.05, 3.63) is 53.1 Å². The molecule has 0 atom stereocenters. The molecule has 3 rings (SSSR count). The van der Waals surface area contributed by atoms with Crippen LogP contribution in [-0.4, -0.2) is 25.2 Å². The molecule has 0 unspecified atom stereocenters. The van der Waals surface area contributed by atoms with E-state index >= 15 is 0 Å². The summed E-state index contributed by atoms with van der Waals surface area (Å²) >= 11 is 0. The summed E-state index contributed by atoms with van der Waals surface area (Å²) in [5.74, 6) is 1.11. The number of ether oxygens (including phenoxy) is 2. The number of amides is 1. The van der Waals surface area contributed by atoms with E-state index in [1.54, 1.807) is 6.07 Å². The van der Waals surface area contributed by atoms with Crippen molar-refractivity contribution in [3.8, 4) is 11.5 Å². The van der Waals surface area contributed by atoms with Gasteiger partial charge in [-0.25, -0.2) is 0 Å². The van der Waals surface area contributed by atoms with Crippen molar-refractivity contribution in [1.29, 1.82) is 0 Å². The highest BCUT2D eigenvalue weighted by Gasteiger charge is 2.27. The molecule has 126 valence electrons. The van der Waals surface area contributed by atoms with Gasteiger partial charge in [0, 0.05) is 11.7 Å². The number of aryl methyl sites for hydroxylation is 2. The van der Waals surface area contributed by atoms with E-state index < -0.39 is 0 Å². The zero-order valence-corrected chi connectivity index (χ0v) is 14.6. The molecule has 1 amide bonds. The molecule has 0 aliphatic carbocycles. The Balaban J connectivity index is 2.07. The van der Waals surface area contributed by atoms with Gasteiger partial charge >= 0.3 is 0 Å². The number of anilines is 1. The Bertz CT molecular complexity index is 767. The van der Waals surface area contributed by atoms with Crippen molar-refractivity contribution in [2.24, 2.45) is 0 Å². The van der Waals surface area contributed by atoms with Gasteiger partial charge in [-0.15, -0.1) is 0 Å². The van der Waals surface area contributed by atoms with Gasteiger partial charge in [-0.05, 0) is 57.0 Å². The molecule has 0 fully saturated rings. The summed E-state index contributed by atoms with van der Waals surface area (Å²) in [5, 5.41) is 0. The molecule has 1 aliphatic rings. The van der Waals surface area contributed by atoms with Crippen LogP contribution < -0.4 is 14.4 Å². The Kier molecular flexibility index (Phi) is 4.47. The van der Waals surface area contributed by atoms with Crippen LogP contribution in [0.15, 0.2) is 36.4 Å². The zero-order valence-electron chi connectivity index (χ0n) is 14.6. The molecule has 2 aromatic rings. The number of para-hydroxylation sites is 1. The van der Waals surface area contributed by atoms with Crippen LogP contribution >= 0.6 is 0 Å². The van der Waals surface area contributed by atoms with Crippen LogP contribution in [0.1, 0.15) is 35.3 Å². The minimum absolute atomic E-state index is 0.0263. The predicted octanol–water partition coefficient (Wildman–Crippen LogP) is 4.13. The quantitative estimate of drug-likeness (QED) is 0.852. The summed E-state index contributed by atoms with van der Waals surface area (Å²) in [4.78, 5) is 15.1. The Morgan fingerprint density at radius 2 is 1.83 bits per heavy atom. The number of nitrogens with zero attached hydrogens (tertiary/aromatic N) is 1. The van der Waals surface area contributed by atoms with Gasteiger partial charge in [0.1, 0.15) is 13.2 Å². The highest BCUT2D eigenvalue weighted by Crippen LogP contribution is 2.36. The number of fused-ring (bicyclic) bond motifs is 1. The third kappa shape index (κ3) is 2.96. The fourth-order valence-corrected chi connectivity index (χ4v) is 2.97. The van der Waals surface area contributed by atoms with Crippen molar-refractivity contribution < 1.29 is 14.3 Å². The Hall–Kier alpha value is -2.49. The maximum absolute atomic E-state index is 13.3. The third-order valence-electron chi connectivity index (χ3n) is 4.16. The fraction of sp³-hybridized carbons (Fsp3) is 0.350. The van der Waals surface area contributed by atoms with E-state index in [4.69, 9.17) is 9.47 Å². The third-order valence-corrected chi connectivity index (χ3v) is 4.16. The van der Waals surface area contributed by atoms with E-state index in [0.717, 1.165) is 16.8 Å². The maximum atomic E-state index is 13.3. The highest BCUT2D eigenvalue weighted by atomic mass is 16.6. The zero-order chi connectivity index (χ0) is 17.3. The first-order valence-corrected chi connectivity index (χ1v) is 8.28. The molecule has 0 radical (unpaired) electrons. The number of benzene rings is 2. The summed E-state index contributed by atoms with van der Waals surface area (Å²) in [5.41, 5.74) is 3.68. The second-order valence-electron chi connectivity index (χ2n) is 6.39. The average molecular weight is 325 g/mol. The van der Waals surface area contributed by atoms with Crippen molar-refractivity contribution in [2.75, 3.05) is 18.1 Å². The number of hydrogen-bond donors (Lipinski definition) is 0. The molecular weight excluding hydrogens is 302 g/mol. The molecule has 4 heteroatoms. The summed E-state index contributed by atoms with van der Waals surface area (Å²) in [6, 6.07) is 11.7. The highest BCUT2D eigenvalue weighted by molar-refractivity contribution is 6.09. The van der Waals surface area contributed by atoms with Gasteiger partial charge in [-0.3, -0.25) is 4.79 Å². The molecule has 0 saturated carbocycles. The molecule has 1 heterocycles. The van der Waals surface area contributed by atoms with Gasteiger partial charge in [0.05, 0.1) is 5.56 Å². The van der Waals surface area contributed by atoms with Gasteiger partial charge in [0.2, 0.25) is 0 Å². The van der Waals surface area contributed by atoms with Crippen molar-refractivity contribution in [1.82, 2.24) is 0 Å². The molecule has 0 spiro atoms. The first-order valence-electron chi connectivity index (χ1n) is 8.28. The number of hydrogen-bond acceptors (Lipinski definition) is 3. The van der Waals surface area contributed by atoms with Crippen LogP contribution in [0.3, 0.4) is 0 Å². The fourth-order valence-electron chi connectivity index (χ4n) is 2.97. The number of carbonyl (C=O) groups is 1. The second-order valence-corrected chi connectivity index (χ2v) is 6.39. The molecule has 0 saturated heterocycles. The summed E-state index contributed by atoms with van der Waals surface area (Å²) < 4.78 is 11.3. The van der Waals surface area contributed by atoms with E-state index in [1.165, 1.54) is 0 Å². The van der Waals surface area contributed by atoms with Crippen LogP contribution in [0.4, 0.5) is 5.69 Å². The van der Waals surface area contributed by atoms with Crippen molar-refractivity contribution in [3.63, 3.8) is 0 Å². The molecular formula is C20H23NO3. The molecule has 0 bridgehead atoms. The second kappa shape index (κ2) is 6.56. The predicted molar refractivity (Wildman–Crippen MR) is 95.3 cm³/mol. The van der Waals surface area contributed by atoms with Crippen molar-refractivity contribution >= 4 is 11.6 Å². The van der Waals surface area contributed by atoms with Crippen LogP contribution in [-0.2, 0) is 0 Å². The Morgan fingerprint density at radius 1 is 1.08 bits per heavy atom. The van der Waals surface area contributed by atoms with E-state index in [9.17, 15) is 4.79 Å². The van der Waals surface area contributed by atoms with Gasteiger partial charge in [-0.1, -0.05) is 18.2 Å².